The molecule has 0 aliphatic heterocycles. The molecule has 3 rings (SSSR count). The molecule has 0 spiro atoms. The molecule has 0 atom stereocenters. The smallest absolute Gasteiger partial charge is 0.309 e. The second-order valence-corrected chi connectivity index (χ2v) is 5.33. The number of benzene rings is 2. The fourth-order valence-electron chi connectivity index (χ4n) is 2.15. The molecule has 0 unspecified atom stereocenters. The number of nitrogens with zero attached hydrogens (tertiary/aromatic N) is 2. The molecule has 3 aromatic rings. The number of rotatable bonds is 5. The van der Waals surface area contributed by atoms with Crippen molar-refractivity contribution in [3.05, 3.63) is 83.1 Å². The first kappa shape index (κ1) is 15.0. The molecule has 2 aromatic carbocycles. The lowest BCUT2D eigenvalue weighted by Crippen LogP contribution is -2.23. The zero-order valence-corrected chi connectivity index (χ0v) is 12.8. The Balaban J connectivity index is 1.59. The standard InChI is InChI=1S/C18H17N3O2/c1-13-7-9-14(10-8-13)11-16-20-21-18(23-16)17(22)19-12-15-5-3-2-4-6-15/h2-10H,11-12H2,1H3,(H,19,22). The molecule has 0 saturated heterocycles. The highest BCUT2D eigenvalue weighted by Gasteiger charge is 2.14. The van der Waals surface area contributed by atoms with Crippen molar-refractivity contribution < 1.29 is 9.21 Å². The van der Waals surface area contributed by atoms with Gasteiger partial charge in [0.15, 0.2) is 0 Å². The molecule has 1 N–H and O–H groups in total. The van der Waals surface area contributed by atoms with Crippen molar-refractivity contribution in [3.8, 4) is 0 Å². The quantitative estimate of drug-likeness (QED) is 0.787. The van der Waals surface area contributed by atoms with Gasteiger partial charge in [-0.1, -0.05) is 60.2 Å². The average Bonchev–Trinajstić information content (AvgIpc) is 3.04. The second kappa shape index (κ2) is 6.87. The second-order valence-electron chi connectivity index (χ2n) is 5.33. The number of aryl methyl sites for hydroxylation is 1. The molecule has 0 bridgehead atoms. The van der Waals surface area contributed by atoms with Crippen LogP contribution < -0.4 is 5.32 Å². The molecule has 0 radical (unpaired) electrons. The van der Waals surface area contributed by atoms with E-state index >= 15 is 0 Å². The van der Waals surface area contributed by atoms with E-state index in [0.717, 1.165) is 11.1 Å². The first-order valence-corrected chi connectivity index (χ1v) is 7.41. The van der Waals surface area contributed by atoms with Crippen LogP contribution in [0.2, 0.25) is 0 Å². The highest BCUT2D eigenvalue weighted by atomic mass is 16.4. The molecule has 1 aromatic heterocycles. The molecule has 1 heterocycles. The summed E-state index contributed by atoms with van der Waals surface area (Å²) in [7, 11) is 0. The third-order valence-electron chi connectivity index (χ3n) is 3.43. The average molecular weight is 307 g/mol. The van der Waals surface area contributed by atoms with Gasteiger partial charge in [-0.2, -0.15) is 0 Å². The molecular formula is C18H17N3O2. The van der Waals surface area contributed by atoms with Gasteiger partial charge in [-0.25, -0.2) is 0 Å². The number of amides is 1. The van der Waals surface area contributed by atoms with Crippen molar-refractivity contribution in [2.24, 2.45) is 0 Å². The fourth-order valence-corrected chi connectivity index (χ4v) is 2.15. The topological polar surface area (TPSA) is 68.0 Å². The molecule has 5 heteroatoms. The summed E-state index contributed by atoms with van der Waals surface area (Å²) >= 11 is 0. The Labute approximate surface area is 134 Å². The van der Waals surface area contributed by atoms with Crippen LogP contribution in [-0.2, 0) is 13.0 Å². The SMILES string of the molecule is Cc1ccc(Cc2nnc(C(=O)NCc3ccccc3)o2)cc1. The molecular weight excluding hydrogens is 290 g/mol. The van der Waals surface area contributed by atoms with Crippen LogP contribution in [0.5, 0.6) is 0 Å². The van der Waals surface area contributed by atoms with E-state index < -0.39 is 0 Å². The predicted octanol–water partition coefficient (Wildman–Crippen LogP) is 2.90. The van der Waals surface area contributed by atoms with Crippen LogP contribution >= 0.6 is 0 Å². The summed E-state index contributed by atoms with van der Waals surface area (Å²) in [6, 6.07) is 17.7. The van der Waals surface area contributed by atoms with Crippen molar-refractivity contribution >= 4 is 5.91 Å². The molecule has 0 aliphatic carbocycles. The lowest BCUT2D eigenvalue weighted by Gasteiger charge is -2.01. The van der Waals surface area contributed by atoms with Crippen molar-refractivity contribution in [2.75, 3.05) is 0 Å². The van der Waals surface area contributed by atoms with Gasteiger partial charge >= 0.3 is 11.8 Å². The van der Waals surface area contributed by atoms with E-state index in [1.54, 1.807) is 0 Å². The summed E-state index contributed by atoms with van der Waals surface area (Å²) in [5.74, 6) is 0.0540. The Hall–Kier alpha value is -2.95. The van der Waals surface area contributed by atoms with Gasteiger partial charge in [0.1, 0.15) is 0 Å². The molecule has 0 aliphatic rings. The van der Waals surface area contributed by atoms with E-state index in [-0.39, 0.29) is 11.8 Å². The van der Waals surface area contributed by atoms with Gasteiger partial charge in [0, 0.05) is 6.54 Å². The van der Waals surface area contributed by atoms with Gasteiger partial charge in [-0.15, -0.1) is 10.2 Å². The van der Waals surface area contributed by atoms with E-state index in [4.69, 9.17) is 4.42 Å². The number of nitrogens with one attached hydrogen (secondary N) is 1. The normalized spacial score (nSPS) is 10.5. The number of aromatic nitrogens is 2. The van der Waals surface area contributed by atoms with E-state index in [1.165, 1.54) is 5.56 Å². The highest BCUT2D eigenvalue weighted by molar-refractivity contribution is 5.89. The largest absolute Gasteiger partial charge is 0.417 e. The summed E-state index contributed by atoms with van der Waals surface area (Å²) in [6.45, 7) is 2.46. The summed E-state index contributed by atoms with van der Waals surface area (Å²) in [5, 5.41) is 10.5. The third kappa shape index (κ3) is 4.03. The van der Waals surface area contributed by atoms with Crippen molar-refractivity contribution in [3.63, 3.8) is 0 Å². The Morgan fingerprint density at radius 2 is 1.74 bits per heavy atom. The first-order valence-electron chi connectivity index (χ1n) is 7.41. The van der Waals surface area contributed by atoms with Crippen LogP contribution in [0.4, 0.5) is 0 Å². The van der Waals surface area contributed by atoms with Crippen molar-refractivity contribution in [2.45, 2.75) is 19.9 Å². The lowest BCUT2D eigenvalue weighted by atomic mass is 10.1. The number of hydrogen-bond donors (Lipinski definition) is 1. The minimum atomic E-state index is -0.364. The Morgan fingerprint density at radius 3 is 2.48 bits per heavy atom. The molecule has 0 fully saturated rings. The van der Waals surface area contributed by atoms with Crippen molar-refractivity contribution in [1.29, 1.82) is 0 Å². The first-order chi connectivity index (χ1) is 11.2. The summed E-state index contributed by atoms with van der Waals surface area (Å²) < 4.78 is 5.43. The Kier molecular flexibility index (Phi) is 4.47. The number of carbonyl (C=O) groups is 1. The maximum atomic E-state index is 12.0. The molecule has 116 valence electrons. The van der Waals surface area contributed by atoms with Crippen LogP contribution in [0.1, 0.15) is 33.3 Å². The fraction of sp³-hybridized carbons (Fsp3) is 0.167. The Bertz CT molecular complexity index is 780. The predicted molar refractivity (Wildman–Crippen MR) is 85.9 cm³/mol. The van der Waals surface area contributed by atoms with E-state index in [1.807, 2.05) is 61.5 Å². The van der Waals surface area contributed by atoms with Crippen LogP contribution in [-0.4, -0.2) is 16.1 Å². The molecule has 1 amide bonds. The number of carbonyl (C=O) groups excluding carboxylic acids is 1. The van der Waals surface area contributed by atoms with Crippen LogP contribution in [0, 0.1) is 6.92 Å². The highest BCUT2D eigenvalue weighted by Crippen LogP contribution is 2.10. The monoisotopic (exact) mass is 307 g/mol. The maximum Gasteiger partial charge on any atom is 0.309 e. The minimum absolute atomic E-state index is 0.0111. The summed E-state index contributed by atoms with van der Waals surface area (Å²) in [6.07, 6.45) is 0.513. The van der Waals surface area contributed by atoms with Crippen LogP contribution in [0.3, 0.4) is 0 Å². The number of hydrogen-bond acceptors (Lipinski definition) is 4. The maximum absolute atomic E-state index is 12.0. The van der Waals surface area contributed by atoms with Gasteiger partial charge < -0.3 is 9.73 Å². The van der Waals surface area contributed by atoms with Gasteiger partial charge in [-0.3, -0.25) is 4.79 Å². The Morgan fingerprint density at radius 1 is 1.00 bits per heavy atom. The lowest BCUT2D eigenvalue weighted by molar-refractivity contribution is 0.0914. The van der Waals surface area contributed by atoms with E-state index in [9.17, 15) is 4.79 Å². The zero-order valence-electron chi connectivity index (χ0n) is 12.8. The zero-order chi connectivity index (χ0) is 16.1. The van der Waals surface area contributed by atoms with Crippen molar-refractivity contribution in [1.82, 2.24) is 15.5 Å². The summed E-state index contributed by atoms with van der Waals surface area (Å²) in [4.78, 5) is 12.0. The van der Waals surface area contributed by atoms with Gasteiger partial charge in [0.2, 0.25) is 5.89 Å². The molecule has 23 heavy (non-hydrogen) atoms. The molecule has 0 saturated carbocycles. The summed E-state index contributed by atoms with van der Waals surface area (Å²) in [5.41, 5.74) is 3.27. The van der Waals surface area contributed by atoms with Crippen LogP contribution in [0.25, 0.3) is 0 Å². The minimum Gasteiger partial charge on any atom is -0.417 e. The van der Waals surface area contributed by atoms with E-state index in [0.29, 0.717) is 18.9 Å². The van der Waals surface area contributed by atoms with Gasteiger partial charge in [0.25, 0.3) is 0 Å². The third-order valence-corrected chi connectivity index (χ3v) is 3.43. The van der Waals surface area contributed by atoms with E-state index in [2.05, 4.69) is 15.5 Å². The van der Waals surface area contributed by atoms with Gasteiger partial charge in [0.05, 0.1) is 6.42 Å². The van der Waals surface area contributed by atoms with Crippen LogP contribution in [0.15, 0.2) is 59.0 Å². The molecule has 5 nitrogen and oxygen atoms in total. The van der Waals surface area contributed by atoms with Gasteiger partial charge in [-0.05, 0) is 18.1 Å².